The van der Waals surface area contributed by atoms with Crippen molar-refractivity contribution in [2.75, 3.05) is 0 Å². The van der Waals surface area contributed by atoms with Gasteiger partial charge in [0.15, 0.2) is 34.5 Å². The van der Waals surface area contributed by atoms with E-state index >= 15 is 0 Å². The molecule has 0 spiro atoms. The number of aliphatic hydroxyl groups is 2. The molecule has 0 radical (unpaired) electrons. The van der Waals surface area contributed by atoms with Gasteiger partial charge in [-0.15, -0.1) is 0 Å². The fourth-order valence-electron chi connectivity index (χ4n) is 7.64. The molecule has 9 nitrogen and oxygen atoms in total. The zero-order valence-corrected chi connectivity index (χ0v) is 21.4. The van der Waals surface area contributed by atoms with Gasteiger partial charge in [0.2, 0.25) is 0 Å². The molecule has 1 aromatic carbocycles. The predicted octanol–water partition coefficient (Wildman–Crippen LogP) is 2.12. The predicted molar refractivity (Wildman–Crippen MR) is 132 cm³/mol. The SMILES string of the molecule is CC(=O)c1ccc2c(c1O)C(=O)C1C(=O)[C@]3(O)C(=O)C(C(C)=O)C(=O)C[C@@H]3[C@@H](O)[C@@H]1[C@H]2CCC1CCCC1. The molecule has 0 aliphatic heterocycles. The van der Waals surface area contributed by atoms with Crippen molar-refractivity contribution in [1.29, 1.82) is 0 Å². The van der Waals surface area contributed by atoms with E-state index in [0.717, 1.165) is 39.0 Å². The van der Waals surface area contributed by atoms with E-state index in [0.29, 0.717) is 17.9 Å². The second-order valence-corrected chi connectivity index (χ2v) is 11.5. The number of Topliss-reactive ketones (excluding diaryl/α,β-unsaturated/α-hetero) is 6. The van der Waals surface area contributed by atoms with Gasteiger partial charge in [-0.3, -0.25) is 28.8 Å². The molecule has 0 amide bonds. The fraction of sp³-hybridized carbons (Fsp3) is 0.586. The van der Waals surface area contributed by atoms with Gasteiger partial charge in [0, 0.05) is 18.3 Å². The Morgan fingerprint density at radius 2 is 1.66 bits per heavy atom. The maximum Gasteiger partial charge on any atom is 0.190 e. The van der Waals surface area contributed by atoms with Crippen LogP contribution in [0.4, 0.5) is 0 Å². The van der Waals surface area contributed by atoms with Crippen LogP contribution in [-0.2, 0) is 19.2 Å². The second kappa shape index (κ2) is 9.31. The first kappa shape index (κ1) is 26.6. The minimum atomic E-state index is -2.89. The first-order valence-corrected chi connectivity index (χ1v) is 13.3. The van der Waals surface area contributed by atoms with Gasteiger partial charge >= 0.3 is 0 Å². The molecular weight excluding hydrogens is 492 g/mol. The lowest BCUT2D eigenvalue weighted by molar-refractivity contribution is -0.189. The molecule has 202 valence electrons. The van der Waals surface area contributed by atoms with Crippen LogP contribution in [0.2, 0.25) is 0 Å². The van der Waals surface area contributed by atoms with Crippen molar-refractivity contribution in [1.82, 2.24) is 0 Å². The highest BCUT2D eigenvalue weighted by Gasteiger charge is 2.70. The van der Waals surface area contributed by atoms with Gasteiger partial charge < -0.3 is 15.3 Å². The highest BCUT2D eigenvalue weighted by molar-refractivity contribution is 6.32. The van der Waals surface area contributed by atoms with E-state index in [9.17, 15) is 44.1 Å². The summed E-state index contributed by atoms with van der Waals surface area (Å²) >= 11 is 0. The average molecular weight is 525 g/mol. The number of hydrogen-bond donors (Lipinski definition) is 3. The zero-order chi connectivity index (χ0) is 27.7. The monoisotopic (exact) mass is 524 g/mol. The Balaban J connectivity index is 1.66. The van der Waals surface area contributed by atoms with Crippen LogP contribution >= 0.6 is 0 Å². The van der Waals surface area contributed by atoms with E-state index in [1.807, 2.05) is 0 Å². The van der Waals surface area contributed by atoms with Gasteiger partial charge in [0.25, 0.3) is 0 Å². The number of aliphatic hydroxyl groups excluding tert-OH is 1. The molecule has 3 N–H and O–H groups in total. The molecular formula is C29H32O9. The quantitative estimate of drug-likeness (QED) is 0.387. The van der Waals surface area contributed by atoms with E-state index in [-0.39, 0.29) is 11.1 Å². The third-order valence-corrected chi connectivity index (χ3v) is 9.52. The first-order chi connectivity index (χ1) is 17.9. The van der Waals surface area contributed by atoms with Crippen LogP contribution in [-0.4, -0.2) is 61.7 Å². The minimum Gasteiger partial charge on any atom is -0.506 e. The molecule has 2 unspecified atom stereocenters. The third-order valence-electron chi connectivity index (χ3n) is 9.52. The number of carbonyl (C=O) groups excluding carboxylic acids is 6. The Bertz CT molecular complexity index is 1270. The molecule has 0 heterocycles. The van der Waals surface area contributed by atoms with Crippen LogP contribution in [0.1, 0.15) is 91.0 Å². The van der Waals surface area contributed by atoms with Crippen LogP contribution in [0.25, 0.3) is 0 Å². The van der Waals surface area contributed by atoms with Gasteiger partial charge in [-0.25, -0.2) is 0 Å². The normalized spacial score (nSPS) is 35.1. The van der Waals surface area contributed by atoms with Gasteiger partial charge in [0.1, 0.15) is 17.5 Å². The Hall–Kier alpha value is -3.04. The largest absolute Gasteiger partial charge is 0.506 e. The number of ketones is 6. The Morgan fingerprint density at radius 1 is 1.00 bits per heavy atom. The van der Waals surface area contributed by atoms with Crippen molar-refractivity contribution in [3.63, 3.8) is 0 Å². The molecule has 1 aromatic rings. The summed E-state index contributed by atoms with van der Waals surface area (Å²) in [5.74, 6) is -12.2. The maximum absolute atomic E-state index is 13.9. The van der Waals surface area contributed by atoms with Crippen molar-refractivity contribution in [2.45, 2.75) is 76.4 Å². The lowest BCUT2D eigenvalue weighted by atomic mass is 9.50. The Morgan fingerprint density at radius 3 is 2.26 bits per heavy atom. The molecule has 0 bridgehead atoms. The first-order valence-electron chi connectivity index (χ1n) is 13.3. The molecule has 7 atom stereocenters. The molecule has 3 fully saturated rings. The zero-order valence-electron chi connectivity index (χ0n) is 21.4. The summed E-state index contributed by atoms with van der Waals surface area (Å²) in [7, 11) is 0. The number of fused-ring (bicyclic) bond motifs is 3. The van der Waals surface area contributed by atoms with Crippen LogP contribution in [0.15, 0.2) is 12.1 Å². The summed E-state index contributed by atoms with van der Waals surface area (Å²) < 4.78 is 0. The summed E-state index contributed by atoms with van der Waals surface area (Å²) in [5, 5.41) is 34.1. The molecule has 4 aliphatic rings. The summed E-state index contributed by atoms with van der Waals surface area (Å²) in [5.41, 5.74) is -2.78. The van der Waals surface area contributed by atoms with Crippen molar-refractivity contribution < 1.29 is 44.1 Å². The third kappa shape index (κ3) is 3.66. The van der Waals surface area contributed by atoms with Gasteiger partial charge in [-0.1, -0.05) is 31.7 Å². The Labute approximate surface area is 219 Å². The highest BCUT2D eigenvalue weighted by atomic mass is 16.3. The number of rotatable bonds is 5. The van der Waals surface area contributed by atoms with E-state index in [4.69, 9.17) is 0 Å². The summed E-state index contributed by atoms with van der Waals surface area (Å²) in [6, 6.07) is 2.99. The summed E-state index contributed by atoms with van der Waals surface area (Å²) in [6.07, 6.45) is 3.40. The minimum absolute atomic E-state index is 0.0959. The molecule has 38 heavy (non-hydrogen) atoms. The van der Waals surface area contributed by atoms with Crippen LogP contribution in [0.5, 0.6) is 5.75 Å². The van der Waals surface area contributed by atoms with E-state index < -0.39 is 88.2 Å². The summed E-state index contributed by atoms with van der Waals surface area (Å²) in [4.78, 5) is 78.0. The van der Waals surface area contributed by atoms with Crippen LogP contribution < -0.4 is 0 Å². The van der Waals surface area contributed by atoms with Crippen molar-refractivity contribution in [3.8, 4) is 5.75 Å². The van der Waals surface area contributed by atoms with Crippen molar-refractivity contribution in [3.05, 3.63) is 28.8 Å². The highest BCUT2D eigenvalue weighted by Crippen LogP contribution is 2.55. The number of hydrogen-bond acceptors (Lipinski definition) is 9. The number of aromatic hydroxyl groups is 1. The molecule has 3 saturated carbocycles. The Kier molecular flexibility index (Phi) is 6.51. The van der Waals surface area contributed by atoms with E-state index in [2.05, 4.69) is 0 Å². The number of phenolic OH excluding ortho intramolecular Hbond substituents is 1. The number of benzene rings is 1. The van der Waals surface area contributed by atoms with Crippen molar-refractivity contribution >= 4 is 34.7 Å². The number of phenols is 1. The lowest BCUT2D eigenvalue weighted by Gasteiger charge is -2.53. The topological polar surface area (TPSA) is 163 Å². The number of carbonyl (C=O) groups is 6. The molecule has 4 aliphatic carbocycles. The molecule has 5 rings (SSSR count). The average Bonchev–Trinajstić information content (AvgIpc) is 3.37. The van der Waals surface area contributed by atoms with Gasteiger partial charge in [0.05, 0.1) is 23.1 Å². The van der Waals surface area contributed by atoms with E-state index in [1.165, 1.54) is 13.0 Å². The summed E-state index contributed by atoms with van der Waals surface area (Å²) in [6.45, 7) is 2.25. The van der Waals surface area contributed by atoms with Crippen LogP contribution in [0.3, 0.4) is 0 Å². The fourth-order valence-corrected chi connectivity index (χ4v) is 7.64. The molecule has 0 aromatic heterocycles. The van der Waals surface area contributed by atoms with E-state index in [1.54, 1.807) is 6.07 Å². The van der Waals surface area contributed by atoms with Crippen LogP contribution in [0, 0.1) is 29.6 Å². The van der Waals surface area contributed by atoms with Gasteiger partial charge in [-0.05, 0) is 50.2 Å². The molecule has 9 heteroatoms. The molecule has 0 saturated heterocycles. The lowest BCUT2D eigenvalue weighted by Crippen LogP contribution is -2.72. The standard InChI is InChI=1S/C29H32O9/c1-12(30)15-9-10-17-16(8-7-14-5-3-4-6-14)21-23(26(35)22(17)24(15)33)28(37)29(38)18(25(21)34)11-19(32)20(13(2)31)27(29)36/h9-10,14,16,18,20-21,23,25,33-34,38H,3-8,11H2,1-2H3/t16-,18+,20?,21+,23?,25+,29+/m0/s1. The second-order valence-electron chi connectivity index (χ2n) is 11.5. The van der Waals surface area contributed by atoms with Gasteiger partial charge in [-0.2, -0.15) is 0 Å². The maximum atomic E-state index is 13.9. The smallest absolute Gasteiger partial charge is 0.190 e. The van der Waals surface area contributed by atoms with Crippen molar-refractivity contribution in [2.24, 2.45) is 29.6 Å².